The largest absolute Gasteiger partial charge is 0.497 e. The molecule has 22 heavy (non-hydrogen) atoms. The number of likely N-dealkylation sites (N-methyl/N-ethyl adjacent to an activating group) is 1. The van der Waals surface area contributed by atoms with Gasteiger partial charge in [-0.05, 0) is 49.9 Å². The summed E-state index contributed by atoms with van der Waals surface area (Å²) in [6.07, 6.45) is 0. The third-order valence-corrected chi connectivity index (χ3v) is 4.50. The molecule has 118 valence electrons. The summed E-state index contributed by atoms with van der Waals surface area (Å²) in [6.45, 7) is 0.753. The van der Waals surface area contributed by atoms with Crippen LogP contribution in [0.25, 0.3) is 0 Å². The standard InChI is InChI=1S/C16H21N3OS2/c1-19(2)14(15-8-5-9-22-15)11-17-16(21)18-12-6-4-7-13(10-12)20-3/h4-10,14H,11H2,1-3H3,(H2,17,18,21). The van der Waals surface area contributed by atoms with Crippen molar-refractivity contribution in [2.24, 2.45) is 0 Å². The summed E-state index contributed by atoms with van der Waals surface area (Å²) in [5, 5.41) is 9.17. The van der Waals surface area contributed by atoms with Gasteiger partial charge < -0.3 is 20.3 Å². The second-order valence-electron chi connectivity index (χ2n) is 5.06. The van der Waals surface area contributed by atoms with Crippen LogP contribution >= 0.6 is 23.6 Å². The molecule has 1 heterocycles. The molecule has 1 aromatic heterocycles. The summed E-state index contributed by atoms with van der Waals surface area (Å²) in [4.78, 5) is 3.51. The summed E-state index contributed by atoms with van der Waals surface area (Å²) in [7, 11) is 5.80. The van der Waals surface area contributed by atoms with E-state index in [-0.39, 0.29) is 0 Å². The molecule has 2 rings (SSSR count). The lowest BCUT2D eigenvalue weighted by Gasteiger charge is -2.24. The third-order valence-electron chi connectivity index (χ3n) is 3.28. The topological polar surface area (TPSA) is 36.5 Å². The van der Waals surface area contributed by atoms with Gasteiger partial charge in [-0.3, -0.25) is 0 Å². The molecule has 0 saturated heterocycles. The molecule has 1 atom stereocenters. The summed E-state index contributed by atoms with van der Waals surface area (Å²) in [5.74, 6) is 0.803. The second-order valence-corrected chi connectivity index (χ2v) is 6.45. The Bertz CT molecular complexity index is 599. The van der Waals surface area contributed by atoms with Crippen LogP contribution in [0.15, 0.2) is 41.8 Å². The lowest BCUT2D eigenvalue weighted by molar-refractivity contribution is 0.303. The van der Waals surface area contributed by atoms with Crippen LogP contribution in [-0.2, 0) is 0 Å². The number of hydrogen-bond donors (Lipinski definition) is 2. The number of nitrogens with one attached hydrogen (secondary N) is 2. The maximum Gasteiger partial charge on any atom is 0.170 e. The van der Waals surface area contributed by atoms with Crippen molar-refractivity contribution >= 4 is 34.4 Å². The highest BCUT2D eigenvalue weighted by Crippen LogP contribution is 2.22. The molecule has 1 aromatic carbocycles. The quantitative estimate of drug-likeness (QED) is 0.792. The molecule has 6 heteroatoms. The lowest BCUT2D eigenvalue weighted by Crippen LogP contribution is -2.36. The Hall–Kier alpha value is -1.63. The summed E-state index contributed by atoms with van der Waals surface area (Å²) in [5.41, 5.74) is 0.911. The minimum Gasteiger partial charge on any atom is -0.497 e. The molecule has 0 aliphatic heterocycles. The molecule has 4 nitrogen and oxygen atoms in total. The van der Waals surface area contributed by atoms with Crippen LogP contribution in [0.2, 0.25) is 0 Å². The van der Waals surface area contributed by atoms with E-state index < -0.39 is 0 Å². The smallest absolute Gasteiger partial charge is 0.170 e. The Morgan fingerprint density at radius 3 is 2.77 bits per heavy atom. The number of hydrogen-bond acceptors (Lipinski definition) is 4. The average Bonchev–Trinajstić information content (AvgIpc) is 3.01. The van der Waals surface area contributed by atoms with Crippen molar-refractivity contribution in [3.8, 4) is 5.75 Å². The van der Waals surface area contributed by atoms with Crippen molar-refractivity contribution in [2.75, 3.05) is 33.1 Å². The SMILES string of the molecule is COc1cccc(NC(=S)NCC(c2cccs2)N(C)C)c1. The zero-order chi connectivity index (χ0) is 15.9. The molecule has 2 aromatic rings. The number of ether oxygens (including phenoxy) is 1. The Kier molecular flexibility index (Phi) is 6.18. The Morgan fingerprint density at radius 2 is 2.14 bits per heavy atom. The maximum absolute atomic E-state index is 5.37. The molecule has 0 fully saturated rings. The Balaban J connectivity index is 1.91. The molecule has 2 N–H and O–H groups in total. The zero-order valence-electron chi connectivity index (χ0n) is 13.0. The van der Waals surface area contributed by atoms with Crippen molar-refractivity contribution in [1.82, 2.24) is 10.2 Å². The van der Waals surface area contributed by atoms with Crippen LogP contribution in [0.4, 0.5) is 5.69 Å². The van der Waals surface area contributed by atoms with Gasteiger partial charge in [-0.1, -0.05) is 12.1 Å². The van der Waals surface area contributed by atoms with Crippen LogP contribution in [0.1, 0.15) is 10.9 Å². The summed E-state index contributed by atoms with van der Waals surface area (Å²) in [6, 6.07) is 12.2. The molecule has 0 aliphatic carbocycles. The molecule has 1 unspecified atom stereocenters. The van der Waals surface area contributed by atoms with Crippen molar-refractivity contribution in [3.63, 3.8) is 0 Å². The molecule has 0 radical (unpaired) electrons. The fourth-order valence-electron chi connectivity index (χ4n) is 2.08. The molecule has 0 spiro atoms. The number of thiocarbonyl (C=S) groups is 1. The summed E-state index contributed by atoms with van der Waals surface area (Å²) < 4.78 is 5.21. The number of anilines is 1. The van der Waals surface area contributed by atoms with E-state index >= 15 is 0 Å². The Labute approximate surface area is 141 Å². The first-order valence-corrected chi connectivity index (χ1v) is 8.27. The predicted octanol–water partition coefficient (Wildman–Crippen LogP) is 3.35. The van der Waals surface area contributed by atoms with Crippen molar-refractivity contribution < 1.29 is 4.74 Å². The molecule has 0 aliphatic rings. The van der Waals surface area contributed by atoms with Gasteiger partial charge in [0.2, 0.25) is 0 Å². The van der Waals surface area contributed by atoms with Gasteiger partial charge in [-0.25, -0.2) is 0 Å². The number of methoxy groups -OCH3 is 1. The fourth-order valence-corrected chi connectivity index (χ4v) is 3.21. The maximum atomic E-state index is 5.37. The van der Waals surface area contributed by atoms with Crippen LogP contribution in [0.3, 0.4) is 0 Å². The molecular weight excluding hydrogens is 314 g/mol. The monoisotopic (exact) mass is 335 g/mol. The highest BCUT2D eigenvalue weighted by Gasteiger charge is 2.15. The van der Waals surface area contributed by atoms with Crippen LogP contribution in [0, 0.1) is 0 Å². The van der Waals surface area contributed by atoms with Gasteiger partial charge in [0.1, 0.15) is 5.75 Å². The van der Waals surface area contributed by atoms with Gasteiger partial charge in [0.15, 0.2) is 5.11 Å². The summed E-state index contributed by atoms with van der Waals surface area (Å²) >= 11 is 7.13. The van der Waals surface area contributed by atoms with E-state index in [0.29, 0.717) is 11.2 Å². The Morgan fingerprint density at radius 1 is 1.32 bits per heavy atom. The number of benzene rings is 1. The fraction of sp³-hybridized carbons (Fsp3) is 0.312. The second kappa shape index (κ2) is 8.12. The van der Waals surface area contributed by atoms with Crippen LogP contribution < -0.4 is 15.4 Å². The molecule has 0 saturated carbocycles. The van der Waals surface area contributed by atoms with Crippen molar-refractivity contribution in [1.29, 1.82) is 0 Å². The average molecular weight is 335 g/mol. The van der Waals surface area contributed by atoms with E-state index in [0.717, 1.165) is 18.0 Å². The molecule has 0 amide bonds. The zero-order valence-corrected chi connectivity index (χ0v) is 14.6. The molecule has 0 bridgehead atoms. The first kappa shape index (κ1) is 16.7. The van der Waals surface area contributed by atoms with E-state index in [1.165, 1.54) is 4.88 Å². The highest BCUT2D eigenvalue weighted by atomic mass is 32.1. The number of rotatable bonds is 6. The van der Waals surface area contributed by atoms with Crippen molar-refractivity contribution in [3.05, 3.63) is 46.7 Å². The number of nitrogens with zero attached hydrogens (tertiary/aromatic N) is 1. The van der Waals surface area contributed by atoms with E-state index in [4.69, 9.17) is 17.0 Å². The normalized spacial score (nSPS) is 12.0. The van der Waals surface area contributed by atoms with E-state index in [2.05, 4.69) is 47.1 Å². The van der Waals surface area contributed by atoms with Gasteiger partial charge in [-0.2, -0.15) is 0 Å². The first-order valence-electron chi connectivity index (χ1n) is 6.99. The van der Waals surface area contributed by atoms with Gasteiger partial charge in [0, 0.05) is 23.2 Å². The van der Waals surface area contributed by atoms with Gasteiger partial charge >= 0.3 is 0 Å². The minimum absolute atomic E-state index is 0.296. The lowest BCUT2D eigenvalue weighted by atomic mass is 10.2. The van der Waals surface area contributed by atoms with Gasteiger partial charge in [-0.15, -0.1) is 11.3 Å². The first-order chi connectivity index (χ1) is 10.6. The van der Waals surface area contributed by atoms with E-state index in [1.54, 1.807) is 18.4 Å². The van der Waals surface area contributed by atoms with E-state index in [1.807, 2.05) is 24.3 Å². The third kappa shape index (κ3) is 4.69. The minimum atomic E-state index is 0.296. The van der Waals surface area contributed by atoms with E-state index in [9.17, 15) is 0 Å². The van der Waals surface area contributed by atoms with Gasteiger partial charge in [0.05, 0.1) is 13.2 Å². The molecular formula is C16H21N3OS2. The van der Waals surface area contributed by atoms with Crippen LogP contribution in [-0.4, -0.2) is 37.8 Å². The predicted molar refractivity (Wildman–Crippen MR) is 98.0 cm³/mol. The van der Waals surface area contributed by atoms with Gasteiger partial charge in [0.25, 0.3) is 0 Å². The number of thiophene rings is 1. The van der Waals surface area contributed by atoms with Crippen LogP contribution in [0.5, 0.6) is 5.75 Å². The highest BCUT2D eigenvalue weighted by molar-refractivity contribution is 7.80. The van der Waals surface area contributed by atoms with Crippen molar-refractivity contribution in [2.45, 2.75) is 6.04 Å².